The first-order valence-corrected chi connectivity index (χ1v) is 12.6. The van der Waals surface area contributed by atoms with Crippen molar-refractivity contribution in [3.63, 3.8) is 0 Å². The van der Waals surface area contributed by atoms with Crippen molar-refractivity contribution in [2.45, 2.75) is 26.3 Å². The van der Waals surface area contributed by atoms with Crippen molar-refractivity contribution >= 4 is 41.8 Å². The van der Waals surface area contributed by atoms with Gasteiger partial charge in [0, 0.05) is 62.6 Å². The summed E-state index contributed by atoms with van der Waals surface area (Å²) in [5.74, 6) is 2.89. The molecule has 2 aromatic heterocycles. The Morgan fingerprint density at radius 2 is 1.95 bits per heavy atom. The maximum absolute atomic E-state index is 11.1. The molecular formula is C26H33N8O2S+. The first-order valence-electron chi connectivity index (χ1n) is 12.1. The summed E-state index contributed by atoms with van der Waals surface area (Å²) in [4.78, 5) is 20.7. The highest BCUT2D eigenvalue weighted by Gasteiger charge is 2.23. The maximum Gasteiger partial charge on any atom is 0.322 e. The number of aromatic nitrogens is 2. The molecule has 3 heterocycles. The number of phenolic OH excluding ortho intramolecular Hbond substituents is 1. The van der Waals surface area contributed by atoms with E-state index in [1.807, 2.05) is 38.1 Å². The number of hydrogen-bond donors (Lipinski definition) is 5. The molecule has 1 saturated heterocycles. The molecular weight excluding hydrogens is 488 g/mol. The van der Waals surface area contributed by atoms with Crippen LogP contribution in [-0.4, -0.2) is 57.8 Å². The SMILES string of the molecule is C=C(c1cccc(N=C(N)C(NS)=[NH+][C@H](CC)c2ccc(C)o2)c1O)N1CCN(c2ncccn2)CC1. The van der Waals surface area contributed by atoms with Crippen LogP contribution in [0.15, 0.2) is 64.8 Å². The molecule has 1 aliphatic heterocycles. The van der Waals surface area contributed by atoms with Gasteiger partial charge in [0.1, 0.15) is 17.2 Å². The van der Waals surface area contributed by atoms with Crippen LogP contribution in [0, 0.1) is 6.92 Å². The van der Waals surface area contributed by atoms with Gasteiger partial charge in [-0.2, -0.15) is 0 Å². The summed E-state index contributed by atoms with van der Waals surface area (Å²) in [7, 11) is 0. The first-order chi connectivity index (χ1) is 17.9. The van der Waals surface area contributed by atoms with Crippen LogP contribution in [0.3, 0.4) is 0 Å². The minimum Gasteiger partial charge on any atom is -0.505 e. The lowest BCUT2D eigenvalue weighted by Crippen LogP contribution is -2.79. The third kappa shape index (κ3) is 6.05. The quantitative estimate of drug-likeness (QED) is 0.181. The molecule has 11 heteroatoms. The second kappa shape index (κ2) is 11.8. The van der Waals surface area contributed by atoms with E-state index >= 15 is 0 Å². The largest absolute Gasteiger partial charge is 0.505 e. The van der Waals surface area contributed by atoms with E-state index in [1.165, 1.54) is 0 Å². The van der Waals surface area contributed by atoms with Gasteiger partial charge in [-0.15, -0.1) is 0 Å². The van der Waals surface area contributed by atoms with Crippen LogP contribution >= 0.6 is 12.8 Å². The van der Waals surface area contributed by atoms with E-state index in [9.17, 15) is 5.11 Å². The Hall–Kier alpha value is -3.99. The fourth-order valence-electron chi connectivity index (χ4n) is 4.19. The molecule has 0 amide bonds. The monoisotopic (exact) mass is 521 g/mol. The van der Waals surface area contributed by atoms with Crippen LogP contribution in [0.5, 0.6) is 5.75 Å². The number of anilines is 1. The van der Waals surface area contributed by atoms with Gasteiger partial charge in [0.2, 0.25) is 11.8 Å². The highest BCUT2D eigenvalue weighted by molar-refractivity contribution is 7.78. The minimum absolute atomic E-state index is 0.0106. The summed E-state index contributed by atoms with van der Waals surface area (Å²) in [6.45, 7) is 11.1. The van der Waals surface area contributed by atoms with Crippen LogP contribution in [0.25, 0.3) is 5.70 Å². The van der Waals surface area contributed by atoms with Crippen molar-refractivity contribution in [2.24, 2.45) is 10.7 Å². The number of para-hydroxylation sites is 1. The number of nitrogens with one attached hydrogen (secondary N) is 2. The molecule has 194 valence electrons. The predicted octanol–water partition coefficient (Wildman–Crippen LogP) is 1.93. The van der Waals surface area contributed by atoms with Gasteiger partial charge in [-0.25, -0.2) is 19.7 Å². The van der Waals surface area contributed by atoms with E-state index < -0.39 is 0 Å². The molecule has 0 aliphatic carbocycles. The fraction of sp³-hybridized carbons (Fsp3) is 0.308. The number of benzene rings is 1. The van der Waals surface area contributed by atoms with Crippen LogP contribution in [0.4, 0.5) is 11.6 Å². The van der Waals surface area contributed by atoms with Crippen LogP contribution in [0.2, 0.25) is 0 Å². The summed E-state index contributed by atoms with van der Waals surface area (Å²) < 4.78 is 8.53. The van der Waals surface area contributed by atoms with Crippen molar-refractivity contribution in [3.8, 4) is 5.75 Å². The Morgan fingerprint density at radius 3 is 2.57 bits per heavy atom. The van der Waals surface area contributed by atoms with E-state index in [-0.39, 0.29) is 17.6 Å². The zero-order valence-corrected chi connectivity index (χ0v) is 21.9. The summed E-state index contributed by atoms with van der Waals surface area (Å²) in [6.07, 6.45) is 4.24. The number of amidine groups is 2. The number of hydrogen-bond acceptors (Lipinski definition) is 8. The Labute approximate surface area is 222 Å². The van der Waals surface area contributed by atoms with E-state index in [4.69, 9.17) is 10.2 Å². The molecule has 1 atom stereocenters. The van der Waals surface area contributed by atoms with Gasteiger partial charge in [0.05, 0.1) is 0 Å². The molecule has 1 aromatic carbocycles. The van der Waals surface area contributed by atoms with Gasteiger partial charge < -0.3 is 25.1 Å². The van der Waals surface area contributed by atoms with E-state index in [1.54, 1.807) is 24.5 Å². The van der Waals surface area contributed by atoms with Gasteiger partial charge in [-0.1, -0.05) is 19.6 Å². The molecule has 0 radical (unpaired) electrons. The first kappa shape index (κ1) is 26.1. The highest BCUT2D eigenvalue weighted by atomic mass is 32.1. The third-order valence-electron chi connectivity index (χ3n) is 6.26. The Kier molecular flexibility index (Phi) is 8.34. The number of thiol groups is 1. The smallest absolute Gasteiger partial charge is 0.322 e. The Bertz CT molecular complexity index is 1280. The number of nitrogens with zero attached hydrogens (tertiary/aromatic N) is 5. The lowest BCUT2D eigenvalue weighted by molar-refractivity contribution is -0.513. The second-order valence-electron chi connectivity index (χ2n) is 8.68. The number of nitrogens with two attached hydrogens (primary N) is 1. The van der Waals surface area contributed by atoms with Crippen molar-refractivity contribution in [3.05, 3.63) is 72.5 Å². The number of rotatable bonds is 7. The summed E-state index contributed by atoms with van der Waals surface area (Å²) in [5, 5.41) is 11.1. The Balaban J connectivity index is 1.50. The predicted molar refractivity (Wildman–Crippen MR) is 149 cm³/mol. The van der Waals surface area contributed by atoms with Crippen molar-refractivity contribution in [2.75, 3.05) is 31.1 Å². The van der Waals surface area contributed by atoms with E-state index in [2.05, 4.69) is 53.9 Å². The number of phenols is 1. The van der Waals surface area contributed by atoms with Crippen molar-refractivity contribution in [1.29, 1.82) is 0 Å². The number of piperazine rings is 1. The molecule has 1 aliphatic rings. The zero-order valence-electron chi connectivity index (χ0n) is 21.1. The van der Waals surface area contributed by atoms with Crippen LogP contribution in [-0.2, 0) is 0 Å². The topological polar surface area (TPSA) is 130 Å². The van der Waals surface area contributed by atoms with Crippen LogP contribution in [0.1, 0.15) is 36.5 Å². The molecule has 3 aromatic rings. The van der Waals surface area contributed by atoms with Gasteiger partial charge in [-0.05, 0) is 43.7 Å². The zero-order chi connectivity index (χ0) is 26.4. The maximum atomic E-state index is 11.1. The number of furan rings is 1. The molecule has 0 unspecified atom stereocenters. The van der Waals surface area contributed by atoms with Gasteiger partial charge in [0.15, 0.2) is 11.8 Å². The van der Waals surface area contributed by atoms with Gasteiger partial charge in [-0.3, -0.25) is 4.99 Å². The lowest BCUT2D eigenvalue weighted by Gasteiger charge is -2.37. The van der Waals surface area contributed by atoms with Crippen molar-refractivity contribution in [1.82, 2.24) is 19.6 Å². The standard InChI is InChI=1S/C26H32N8O2S/c1-4-20(22-10-9-17(2)36-22)31-25(32-37)24(27)30-21-8-5-7-19(23(21)35)18(3)33-13-15-34(16-14-33)26-28-11-6-12-29-26/h5-12,20,35,37H,3-4,13-16H2,1-2H3,(H2,27,30)(H,31,32)/p+1/t20-/m1/s1. The van der Waals surface area contributed by atoms with Gasteiger partial charge in [0.25, 0.3) is 0 Å². The fourth-order valence-corrected chi connectivity index (χ4v) is 4.37. The second-order valence-corrected chi connectivity index (χ2v) is 8.90. The summed E-state index contributed by atoms with van der Waals surface area (Å²) in [5.41, 5.74) is 7.95. The number of aliphatic imine (C=N–C) groups is 1. The molecule has 4 rings (SSSR count). The van der Waals surface area contributed by atoms with Crippen molar-refractivity contribution < 1.29 is 14.5 Å². The average molecular weight is 522 g/mol. The Morgan fingerprint density at radius 1 is 1.22 bits per heavy atom. The average Bonchev–Trinajstić information content (AvgIpc) is 3.36. The van der Waals surface area contributed by atoms with E-state index in [0.717, 1.165) is 49.8 Å². The molecule has 0 spiro atoms. The number of aryl methyl sites for hydroxylation is 1. The normalized spacial score (nSPS) is 15.5. The summed E-state index contributed by atoms with van der Waals surface area (Å²) in [6, 6.07) is 10.9. The molecule has 1 fully saturated rings. The molecule has 0 bridgehead atoms. The lowest BCUT2D eigenvalue weighted by atomic mass is 10.1. The third-order valence-corrected chi connectivity index (χ3v) is 6.49. The molecule has 37 heavy (non-hydrogen) atoms. The highest BCUT2D eigenvalue weighted by Crippen LogP contribution is 2.35. The summed E-state index contributed by atoms with van der Waals surface area (Å²) >= 11 is 4.20. The number of aromatic hydroxyl groups is 1. The molecule has 0 saturated carbocycles. The minimum atomic E-state index is -0.128. The van der Waals surface area contributed by atoms with Crippen LogP contribution < -0.4 is 20.3 Å². The van der Waals surface area contributed by atoms with Gasteiger partial charge >= 0.3 is 5.84 Å². The molecule has 10 nitrogen and oxygen atoms in total. The van der Waals surface area contributed by atoms with E-state index in [0.29, 0.717) is 23.0 Å². The molecule has 5 N–H and O–H groups in total.